The largest absolute Gasteiger partial charge is 0.485 e. The van der Waals surface area contributed by atoms with Gasteiger partial charge in [-0.1, -0.05) is 61.7 Å². The standard InChI is InChI=1S/C29H30FN3O2/c30-23-12-7-11-22(17-23)25(18-28(34)32-24-13-5-2-6-14-24)26-19-31-29-27(15-8-16-33(26)29)35-20-21-9-3-1-4-10-21/h1,3-4,7-12,15-17,19,24-25H,2,5-6,13-14,18,20H2,(H,32,34). The molecule has 0 saturated heterocycles. The molecule has 1 atom stereocenters. The SMILES string of the molecule is O=C(CC(c1cccc(F)c1)c1cnc2c(OCc3ccccc3)cccn12)NC1CCCCC1. The molecule has 1 aliphatic rings. The first kappa shape index (κ1) is 23.1. The summed E-state index contributed by atoms with van der Waals surface area (Å²) in [5.41, 5.74) is 3.32. The number of nitrogens with zero attached hydrogens (tertiary/aromatic N) is 2. The molecule has 0 radical (unpaired) electrons. The van der Waals surface area contributed by atoms with Crippen LogP contribution in [-0.4, -0.2) is 21.3 Å². The van der Waals surface area contributed by atoms with Crippen molar-refractivity contribution in [2.75, 3.05) is 0 Å². The summed E-state index contributed by atoms with van der Waals surface area (Å²) in [6.07, 6.45) is 9.49. The number of benzene rings is 2. The van der Waals surface area contributed by atoms with Crippen LogP contribution in [0.15, 0.2) is 79.1 Å². The Kier molecular flexibility index (Phi) is 7.07. The zero-order chi connectivity index (χ0) is 24.0. The first-order valence-electron chi connectivity index (χ1n) is 12.3. The molecular formula is C29H30FN3O2. The van der Waals surface area contributed by atoms with Crippen LogP contribution in [-0.2, 0) is 11.4 Å². The number of imidazole rings is 1. The van der Waals surface area contributed by atoms with E-state index in [2.05, 4.69) is 10.3 Å². The van der Waals surface area contributed by atoms with Crippen molar-refractivity contribution in [3.63, 3.8) is 0 Å². The Morgan fingerprint density at radius 2 is 1.89 bits per heavy atom. The molecule has 4 aromatic rings. The Hall–Kier alpha value is -3.67. The predicted molar refractivity (Wildman–Crippen MR) is 134 cm³/mol. The predicted octanol–water partition coefficient (Wildman–Crippen LogP) is 6.02. The molecule has 1 aliphatic carbocycles. The molecule has 2 heterocycles. The van der Waals surface area contributed by atoms with Crippen LogP contribution in [0.25, 0.3) is 5.65 Å². The number of carbonyl (C=O) groups excluding carboxylic acids is 1. The van der Waals surface area contributed by atoms with Gasteiger partial charge in [-0.05, 0) is 48.2 Å². The lowest BCUT2D eigenvalue weighted by Gasteiger charge is -2.24. The third-order valence-corrected chi connectivity index (χ3v) is 6.73. The van der Waals surface area contributed by atoms with Crippen LogP contribution in [0.2, 0.25) is 0 Å². The second-order valence-electron chi connectivity index (χ2n) is 9.24. The van der Waals surface area contributed by atoms with Crippen molar-refractivity contribution in [1.29, 1.82) is 0 Å². The molecule has 1 unspecified atom stereocenters. The molecular weight excluding hydrogens is 441 g/mol. The number of ether oxygens (including phenoxy) is 1. The van der Waals surface area contributed by atoms with Gasteiger partial charge >= 0.3 is 0 Å². The first-order valence-corrected chi connectivity index (χ1v) is 12.3. The van der Waals surface area contributed by atoms with E-state index in [1.54, 1.807) is 12.3 Å². The average Bonchev–Trinajstić information content (AvgIpc) is 3.32. The fourth-order valence-electron chi connectivity index (χ4n) is 4.95. The summed E-state index contributed by atoms with van der Waals surface area (Å²) in [5, 5.41) is 3.21. The molecule has 1 fully saturated rings. The van der Waals surface area contributed by atoms with Crippen molar-refractivity contribution in [2.24, 2.45) is 0 Å². The van der Waals surface area contributed by atoms with E-state index in [9.17, 15) is 9.18 Å². The molecule has 35 heavy (non-hydrogen) atoms. The van der Waals surface area contributed by atoms with Crippen molar-refractivity contribution in [2.45, 2.75) is 57.1 Å². The molecule has 2 aromatic carbocycles. The number of aromatic nitrogens is 2. The zero-order valence-electron chi connectivity index (χ0n) is 19.7. The smallest absolute Gasteiger partial charge is 0.221 e. The van der Waals surface area contributed by atoms with E-state index >= 15 is 0 Å². The quantitative estimate of drug-likeness (QED) is 0.342. The molecule has 0 spiro atoms. The Labute approximate surface area is 205 Å². The lowest BCUT2D eigenvalue weighted by atomic mass is 9.91. The highest BCUT2D eigenvalue weighted by molar-refractivity contribution is 5.78. The van der Waals surface area contributed by atoms with Gasteiger partial charge in [0.25, 0.3) is 0 Å². The van der Waals surface area contributed by atoms with Crippen LogP contribution in [0.5, 0.6) is 5.75 Å². The summed E-state index contributed by atoms with van der Waals surface area (Å²) < 4.78 is 22.2. The van der Waals surface area contributed by atoms with Crippen molar-refractivity contribution >= 4 is 11.6 Å². The number of fused-ring (bicyclic) bond motifs is 1. The highest BCUT2D eigenvalue weighted by Crippen LogP contribution is 2.32. The van der Waals surface area contributed by atoms with E-state index in [-0.39, 0.29) is 30.1 Å². The van der Waals surface area contributed by atoms with Gasteiger partial charge in [0.15, 0.2) is 11.4 Å². The maximum Gasteiger partial charge on any atom is 0.221 e. The molecule has 180 valence electrons. The van der Waals surface area contributed by atoms with Gasteiger partial charge in [0.05, 0.1) is 5.69 Å². The maximum absolute atomic E-state index is 14.2. The van der Waals surface area contributed by atoms with E-state index in [0.29, 0.717) is 18.0 Å². The molecule has 0 aliphatic heterocycles. The van der Waals surface area contributed by atoms with Crippen molar-refractivity contribution < 1.29 is 13.9 Å². The van der Waals surface area contributed by atoms with Gasteiger partial charge < -0.3 is 14.5 Å². The number of carbonyl (C=O) groups is 1. The Bertz CT molecular complexity index is 1280. The topological polar surface area (TPSA) is 55.6 Å². The first-order chi connectivity index (χ1) is 17.2. The lowest BCUT2D eigenvalue weighted by molar-refractivity contribution is -0.122. The van der Waals surface area contributed by atoms with Crippen LogP contribution in [0, 0.1) is 5.82 Å². The zero-order valence-corrected chi connectivity index (χ0v) is 19.7. The van der Waals surface area contributed by atoms with E-state index in [4.69, 9.17) is 4.74 Å². The number of hydrogen-bond donors (Lipinski definition) is 1. The maximum atomic E-state index is 14.2. The molecule has 1 N–H and O–H groups in total. The minimum atomic E-state index is -0.339. The minimum absolute atomic E-state index is 0.0161. The second-order valence-corrected chi connectivity index (χ2v) is 9.24. The fourth-order valence-corrected chi connectivity index (χ4v) is 4.95. The minimum Gasteiger partial charge on any atom is -0.485 e. The number of amides is 1. The number of halogens is 1. The summed E-state index contributed by atoms with van der Waals surface area (Å²) in [6.45, 7) is 0.430. The number of nitrogens with one attached hydrogen (secondary N) is 1. The van der Waals surface area contributed by atoms with E-state index in [1.165, 1.54) is 18.6 Å². The van der Waals surface area contributed by atoms with Crippen molar-refractivity contribution in [3.8, 4) is 5.75 Å². The highest BCUT2D eigenvalue weighted by Gasteiger charge is 2.25. The number of rotatable bonds is 8. The molecule has 6 heteroatoms. The molecule has 5 nitrogen and oxygen atoms in total. The molecule has 1 amide bonds. The molecule has 2 aromatic heterocycles. The van der Waals surface area contributed by atoms with Gasteiger partial charge in [0.1, 0.15) is 12.4 Å². The monoisotopic (exact) mass is 471 g/mol. The summed E-state index contributed by atoms with van der Waals surface area (Å²) in [6, 6.07) is 20.5. The van der Waals surface area contributed by atoms with Gasteiger partial charge in [-0.25, -0.2) is 9.37 Å². The third-order valence-electron chi connectivity index (χ3n) is 6.73. The van der Waals surface area contributed by atoms with Gasteiger partial charge in [-0.15, -0.1) is 0 Å². The molecule has 5 rings (SSSR count). The Morgan fingerprint density at radius 3 is 2.69 bits per heavy atom. The lowest BCUT2D eigenvalue weighted by Crippen LogP contribution is -2.37. The highest BCUT2D eigenvalue weighted by atomic mass is 19.1. The van der Waals surface area contributed by atoms with E-state index in [1.807, 2.05) is 59.1 Å². The summed E-state index contributed by atoms with van der Waals surface area (Å²) in [7, 11) is 0. The summed E-state index contributed by atoms with van der Waals surface area (Å²) in [5.74, 6) is -0.0144. The summed E-state index contributed by atoms with van der Waals surface area (Å²) >= 11 is 0. The molecule has 0 bridgehead atoms. The van der Waals surface area contributed by atoms with Gasteiger partial charge in [0, 0.05) is 30.8 Å². The number of pyridine rings is 1. The molecule has 1 saturated carbocycles. The Morgan fingerprint density at radius 1 is 1.06 bits per heavy atom. The average molecular weight is 472 g/mol. The Balaban J connectivity index is 1.43. The third kappa shape index (κ3) is 5.53. The van der Waals surface area contributed by atoms with Crippen LogP contribution in [0.3, 0.4) is 0 Å². The summed E-state index contributed by atoms with van der Waals surface area (Å²) in [4.78, 5) is 17.7. The van der Waals surface area contributed by atoms with Crippen LogP contribution in [0.1, 0.15) is 61.3 Å². The second kappa shape index (κ2) is 10.7. The van der Waals surface area contributed by atoms with Crippen LogP contribution in [0.4, 0.5) is 4.39 Å². The normalized spacial score (nSPS) is 15.1. The van der Waals surface area contributed by atoms with Gasteiger partial charge in [-0.3, -0.25) is 4.79 Å². The fraction of sp³-hybridized carbons (Fsp3) is 0.310. The van der Waals surface area contributed by atoms with E-state index in [0.717, 1.165) is 42.5 Å². The van der Waals surface area contributed by atoms with Gasteiger partial charge in [0.2, 0.25) is 5.91 Å². The van der Waals surface area contributed by atoms with Crippen molar-refractivity contribution in [1.82, 2.24) is 14.7 Å². The van der Waals surface area contributed by atoms with Crippen molar-refractivity contribution in [3.05, 3.63) is 102 Å². The number of hydrogen-bond acceptors (Lipinski definition) is 3. The van der Waals surface area contributed by atoms with Crippen LogP contribution >= 0.6 is 0 Å². The van der Waals surface area contributed by atoms with Crippen LogP contribution < -0.4 is 10.1 Å². The van der Waals surface area contributed by atoms with Gasteiger partial charge in [-0.2, -0.15) is 0 Å². The van der Waals surface area contributed by atoms with E-state index < -0.39 is 0 Å².